The number of thioether (sulfide) groups is 1. The summed E-state index contributed by atoms with van der Waals surface area (Å²) in [5.41, 5.74) is 3.89. The average Bonchev–Trinajstić information content (AvgIpc) is 3.36. The number of benzene rings is 2. The number of aromatic nitrogens is 3. The van der Waals surface area contributed by atoms with Crippen molar-refractivity contribution < 1.29 is 23.4 Å². The largest absolute Gasteiger partial charge is 0.493 e. The van der Waals surface area contributed by atoms with Crippen LogP contribution in [0.5, 0.6) is 17.2 Å². The van der Waals surface area contributed by atoms with Crippen LogP contribution in [0.2, 0.25) is 0 Å². The second-order valence-corrected chi connectivity index (χ2v) is 8.78. The van der Waals surface area contributed by atoms with Crippen molar-refractivity contribution >= 4 is 23.5 Å². The second kappa shape index (κ2) is 11.8. The Labute approximate surface area is 218 Å². The van der Waals surface area contributed by atoms with Gasteiger partial charge in [0, 0.05) is 23.7 Å². The van der Waals surface area contributed by atoms with Gasteiger partial charge in [0.1, 0.15) is 11.6 Å². The summed E-state index contributed by atoms with van der Waals surface area (Å²) in [6.45, 7) is 0. The minimum Gasteiger partial charge on any atom is -0.493 e. The maximum Gasteiger partial charge on any atom is 0.225 e. The minimum atomic E-state index is -0.310. The number of ether oxygens (including phenoxy) is 3. The minimum absolute atomic E-state index is 0.191. The molecule has 0 spiro atoms. The SMILES string of the molecule is COc1cc(CCC(=O)Nc2cc(-c3nc(SC)[nH]c3-c3ccc(F)cc3)ccn2)cc(OC)c1OC. The quantitative estimate of drug-likeness (QED) is 0.262. The zero-order chi connectivity index (χ0) is 26.4. The van der Waals surface area contributed by atoms with E-state index in [1.807, 2.05) is 24.5 Å². The van der Waals surface area contributed by atoms with E-state index in [4.69, 9.17) is 14.2 Å². The predicted octanol–water partition coefficient (Wildman–Crippen LogP) is 5.60. The maximum absolute atomic E-state index is 13.5. The first-order valence-electron chi connectivity index (χ1n) is 11.4. The number of H-pyrrole nitrogens is 1. The molecule has 2 heterocycles. The van der Waals surface area contributed by atoms with Gasteiger partial charge in [0.05, 0.1) is 32.7 Å². The molecule has 0 fully saturated rings. The van der Waals surface area contributed by atoms with E-state index in [2.05, 4.69) is 20.3 Å². The molecule has 4 rings (SSSR count). The first kappa shape index (κ1) is 26.0. The summed E-state index contributed by atoms with van der Waals surface area (Å²) in [5, 5.41) is 3.58. The van der Waals surface area contributed by atoms with Gasteiger partial charge < -0.3 is 24.5 Å². The van der Waals surface area contributed by atoms with Crippen LogP contribution < -0.4 is 19.5 Å². The molecule has 37 heavy (non-hydrogen) atoms. The second-order valence-electron chi connectivity index (χ2n) is 7.99. The number of pyridine rings is 1. The molecule has 10 heteroatoms. The fourth-order valence-corrected chi connectivity index (χ4v) is 4.26. The van der Waals surface area contributed by atoms with Crippen LogP contribution in [0.3, 0.4) is 0 Å². The van der Waals surface area contributed by atoms with Crippen LogP contribution in [-0.4, -0.2) is 48.4 Å². The standard InChI is InChI=1S/C27H27FN4O4S/c1-34-20-13-16(14-21(35-2)26(20)36-3)5-10-23(33)30-22-15-18(11-12-29-22)25-24(31-27(32-25)37-4)17-6-8-19(28)9-7-17/h6-9,11-15H,5,10H2,1-4H3,(H,31,32)(H,29,30,33). The molecule has 0 saturated heterocycles. The van der Waals surface area contributed by atoms with Gasteiger partial charge in [-0.15, -0.1) is 0 Å². The Hall–Kier alpha value is -4.05. The van der Waals surface area contributed by atoms with Crippen molar-refractivity contribution in [1.29, 1.82) is 0 Å². The number of aromatic amines is 1. The molecular weight excluding hydrogens is 495 g/mol. The number of hydrogen-bond donors (Lipinski definition) is 2. The Balaban J connectivity index is 1.51. The number of rotatable bonds is 10. The molecule has 0 atom stereocenters. The number of halogens is 1. The van der Waals surface area contributed by atoms with Gasteiger partial charge in [-0.1, -0.05) is 11.8 Å². The van der Waals surface area contributed by atoms with E-state index in [9.17, 15) is 9.18 Å². The van der Waals surface area contributed by atoms with Crippen molar-refractivity contribution in [3.63, 3.8) is 0 Å². The van der Waals surface area contributed by atoms with Gasteiger partial charge in [0.25, 0.3) is 0 Å². The summed E-state index contributed by atoms with van der Waals surface area (Å²) >= 11 is 1.47. The molecule has 192 valence electrons. The molecule has 4 aromatic rings. The van der Waals surface area contributed by atoms with Crippen molar-refractivity contribution in [3.05, 3.63) is 66.1 Å². The highest BCUT2D eigenvalue weighted by Crippen LogP contribution is 2.38. The molecular formula is C27H27FN4O4S. The van der Waals surface area contributed by atoms with E-state index in [0.29, 0.717) is 35.2 Å². The number of nitrogens with one attached hydrogen (secondary N) is 2. The Morgan fingerprint density at radius 1 is 1.00 bits per heavy atom. The van der Waals surface area contributed by atoms with Crippen molar-refractivity contribution in [1.82, 2.24) is 15.0 Å². The molecule has 0 aliphatic heterocycles. The highest BCUT2D eigenvalue weighted by Gasteiger charge is 2.17. The third-order valence-electron chi connectivity index (χ3n) is 5.67. The number of carbonyl (C=O) groups excluding carboxylic acids is 1. The fraction of sp³-hybridized carbons (Fsp3) is 0.222. The third-order valence-corrected chi connectivity index (χ3v) is 6.25. The molecule has 2 N–H and O–H groups in total. The lowest BCUT2D eigenvalue weighted by Crippen LogP contribution is -2.13. The summed E-state index contributed by atoms with van der Waals surface area (Å²) in [7, 11) is 4.65. The zero-order valence-electron chi connectivity index (χ0n) is 20.9. The smallest absolute Gasteiger partial charge is 0.225 e. The number of aryl methyl sites for hydroxylation is 1. The molecule has 2 aromatic heterocycles. The molecule has 0 aliphatic rings. The number of nitrogens with zero attached hydrogens (tertiary/aromatic N) is 2. The van der Waals surface area contributed by atoms with Gasteiger partial charge in [-0.2, -0.15) is 0 Å². The van der Waals surface area contributed by atoms with E-state index in [1.165, 1.54) is 23.9 Å². The van der Waals surface area contributed by atoms with E-state index < -0.39 is 0 Å². The van der Waals surface area contributed by atoms with Gasteiger partial charge in [-0.3, -0.25) is 4.79 Å². The number of amides is 1. The summed E-state index contributed by atoms with van der Waals surface area (Å²) in [5.74, 6) is 1.48. The zero-order valence-corrected chi connectivity index (χ0v) is 21.7. The molecule has 0 bridgehead atoms. The van der Waals surface area contributed by atoms with Gasteiger partial charge in [0.15, 0.2) is 16.7 Å². The first-order valence-corrected chi connectivity index (χ1v) is 12.6. The monoisotopic (exact) mass is 522 g/mol. The Morgan fingerprint density at radius 2 is 1.70 bits per heavy atom. The number of anilines is 1. The first-order chi connectivity index (χ1) is 17.9. The van der Waals surface area contributed by atoms with E-state index in [1.54, 1.807) is 45.7 Å². The molecule has 0 radical (unpaired) electrons. The fourth-order valence-electron chi connectivity index (χ4n) is 3.87. The van der Waals surface area contributed by atoms with E-state index >= 15 is 0 Å². The van der Waals surface area contributed by atoms with Crippen molar-refractivity contribution in [2.75, 3.05) is 32.9 Å². The summed E-state index contributed by atoms with van der Waals surface area (Å²) in [4.78, 5) is 25.0. The highest BCUT2D eigenvalue weighted by molar-refractivity contribution is 7.98. The molecule has 0 saturated carbocycles. The number of imidazole rings is 1. The maximum atomic E-state index is 13.5. The van der Waals surface area contributed by atoms with Gasteiger partial charge in [0.2, 0.25) is 11.7 Å². The number of methoxy groups -OCH3 is 3. The van der Waals surface area contributed by atoms with Crippen LogP contribution in [0.1, 0.15) is 12.0 Å². The van der Waals surface area contributed by atoms with Crippen molar-refractivity contribution in [2.45, 2.75) is 18.0 Å². The third kappa shape index (κ3) is 6.03. The number of hydrogen-bond acceptors (Lipinski definition) is 7. The topological polar surface area (TPSA) is 98.4 Å². The molecule has 1 amide bonds. The Morgan fingerprint density at radius 3 is 2.32 bits per heavy atom. The van der Waals surface area contributed by atoms with Crippen LogP contribution in [-0.2, 0) is 11.2 Å². The lowest BCUT2D eigenvalue weighted by molar-refractivity contribution is -0.116. The summed E-state index contributed by atoms with van der Waals surface area (Å²) in [6, 6.07) is 13.4. The van der Waals surface area contributed by atoms with Crippen LogP contribution >= 0.6 is 11.8 Å². The molecule has 0 unspecified atom stereocenters. The van der Waals surface area contributed by atoms with Crippen LogP contribution in [0.15, 0.2) is 59.9 Å². The van der Waals surface area contributed by atoms with Gasteiger partial charge in [-0.25, -0.2) is 14.4 Å². The number of carbonyl (C=O) groups is 1. The van der Waals surface area contributed by atoms with Gasteiger partial charge >= 0.3 is 0 Å². The molecule has 2 aromatic carbocycles. The van der Waals surface area contributed by atoms with Crippen LogP contribution in [0, 0.1) is 5.82 Å². The van der Waals surface area contributed by atoms with Crippen molar-refractivity contribution in [2.24, 2.45) is 0 Å². The Kier molecular flexibility index (Phi) is 8.29. The normalized spacial score (nSPS) is 10.7. The lowest BCUT2D eigenvalue weighted by Gasteiger charge is -2.14. The van der Waals surface area contributed by atoms with Gasteiger partial charge in [-0.05, 0) is 66.8 Å². The lowest BCUT2D eigenvalue weighted by atomic mass is 10.1. The van der Waals surface area contributed by atoms with E-state index in [0.717, 1.165) is 27.5 Å². The van der Waals surface area contributed by atoms with Crippen molar-refractivity contribution in [3.8, 4) is 39.8 Å². The van der Waals surface area contributed by atoms with Crippen LogP contribution in [0.25, 0.3) is 22.5 Å². The van der Waals surface area contributed by atoms with E-state index in [-0.39, 0.29) is 18.1 Å². The molecule has 8 nitrogen and oxygen atoms in total. The predicted molar refractivity (Wildman–Crippen MR) is 142 cm³/mol. The summed E-state index contributed by atoms with van der Waals surface area (Å²) < 4.78 is 29.6. The average molecular weight is 523 g/mol. The van der Waals surface area contributed by atoms with Crippen LogP contribution in [0.4, 0.5) is 10.2 Å². The molecule has 0 aliphatic carbocycles. The summed E-state index contributed by atoms with van der Waals surface area (Å²) in [6.07, 6.45) is 4.23. The highest BCUT2D eigenvalue weighted by atomic mass is 32.2. The Bertz CT molecular complexity index is 1370.